The largest absolute Gasteiger partial charge is 0.493 e. The number of carbonyl (C=O) groups excluding carboxylic acids is 3. The molecule has 0 aliphatic carbocycles. The van der Waals surface area contributed by atoms with Crippen molar-refractivity contribution in [3.63, 3.8) is 0 Å². The van der Waals surface area contributed by atoms with Crippen molar-refractivity contribution < 1.29 is 19.1 Å². The third-order valence-electron chi connectivity index (χ3n) is 5.00. The van der Waals surface area contributed by atoms with Gasteiger partial charge in [0, 0.05) is 29.2 Å². The molecule has 1 fully saturated rings. The molecule has 0 bridgehead atoms. The second-order valence-corrected chi connectivity index (χ2v) is 8.00. The predicted molar refractivity (Wildman–Crippen MR) is 109 cm³/mol. The van der Waals surface area contributed by atoms with Crippen molar-refractivity contribution in [2.75, 3.05) is 25.4 Å². The monoisotopic (exact) mass is 411 g/mol. The number of nitrogens with zero attached hydrogens (tertiary/aromatic N) is 1. The normalized spacial score (nSPS) is 20.2. The molecule has 1 atom stereocenters. The van der Waals surface area contributed by atoms with Gasteiger partial charge in [0.2, 0.25) is 5.91 Å². The third-order valence-corrected chi connectivity index (χ3v) is 6.01. The summed E-state index contributed by atoms with van der Waals surface area (Å²) in [5.74, 6) is 0.508. The molecular weight excluding hydrogens is 390 g/mol. The molecule has 2 aliphatic heterocycles. The highest BCUT2D eigenvalue weighted by atomic mass is 32.2. The van der Waals surface area contributed by atoms with Gasteiger partial charge in [0.05, 0.1) is 6.61 Å². The van der Waals surface area contributed by atoms with Gasteiger partial charge in [0.25, 0.3) is 5.91 Å². The molecule has 1 saturated heterocycles. The summed E-state index contributed by atoms with van der Waals surface area (Å²) in [6.07, 6.45) is 0.334. The van der Waals surface area contributed by atoms with E-state index in [0.29, 0.717) is 36.6 Å². The molecule has 2 aromatic carbocycles. The number of ether oxygens (including phenoxy) is 1. The molecule has 150 valence electrons. The first-order chi connectivity index (χ1) is 14.1. The van der Waals surface area contributed by atoms with Gasteiger partial charge >= 0.3 is 6.03 Å². The zero-order valence-electron chi connectivity index (χ0n) is 15.7. The molecule has 1 unspecified atom stereocenters. The van der Waals surface area contributed by atoms with E-state index in [4.69, 9.17) is 4.74 Å². The fourth-order valence-corrected chi connectivity index (χ4v) is 4.38. The summed E-state index contributed by atoms with van der Waals surface area (Å²) in [6.45, 7) is 0.467. The quantitative estimate of drug-likeness (QED) is 0.432. The van der Waals surface area contributed by atoms with Gasteiger partial charge in [-0.05, 0) is 18.2 Å². The average Bonchev–Trinajstić information content (AvgIpc) is 2.97. The van der Waals surface area contributed by atoms with Crippen LogP contribution in [0, 0.1) is 0 Å². The maximum Gasteiger partial charge on any atom is 0.325 e. The van der Waals surface area contributed by atoms with Crippen LogP contribution in [0.15, 0.2) is 59.5 Å². The average molecular weight is 411 g/mol. The molecule has 2 N–H and O–H groups in total. The molecule has 2 heterocycles. The van der Waals surface area contributed by atoms with Gasteiger partial charge in [-0.1, -0.05) is 36.4 Å². The highest BCUT2D eigenvalue weighted by Crippen LogP contribution is 2.40. The first-order valence-corrected chi connectivity index (χ1v) is 10.4. The third kappa shape index (κ3) is 3.80. The lowest BCUT2D eigenvalue weighted by molar-refractivity contribution is -0.136. The fraction of sp³-hybridized carbons (Fsp3) is 0.286. The van der Waals surface area contributed by atoms with E-state index < -0.39 is 17.5 Å². The van der Waals surface area contributed by atoms with Crippen LogP contribution < -0.4 is 15.4 Å². The van der Waals surface area contributed by atoms with Gasteiger partial charge in [0.1, 0.15) is 12.3 Å². The van der Waals surface area contributed by atoms with E-state index in [2.05, 4.69) is 10.6 Å². The molecule has 4 amide bonds. The Morgan fingerprint density at radius 2 is 1.90 bits per heavy atom. The predicted octanol–water partition coefficient (Wildman–Crippen LogP) is 2.12. The number of thioether (sulfide) groups is 1. The Kier molecular flexibility index (Phi) is 5.44. The molecule has 0 radical (unpaired) electrons. The molecule has 1 spiro atoms. The highest BCUT2D eigenvalue weighted by Gasteiger charge is 2.55. The van der Waals surface area contributed by atoms with E-state index in [1.54, 1.807) is 30.0 Å². The van der Waals surface area contributed by atoms with Crippen LogP contribution in [0.5, 0.6) is 5.75 Å². The fourth-order valence-electron chi connectivity index (χ4n) is 3.59. The van der Waals surface area contributed by atoms with Crippen LogP contribution in [0.4, 0.5) is 4.79 Å². The van der Waals surface area contributed by atoms with E-state index in [-0.39, 0.29) is 12.5 Å². The van der Waals surface area contributed by atoms with Gasteiger partial charge in [0.15, 0.2) is 5.54 Å². The van der Waals surface area contributed by atoms with Crippen molar-refractivity contribution in [3.05, 3.63) is 60.2 Å². The highest BCUT2D eigenvalue weighted by molar-refractivity contribution is 7.99. The molecule has 0 saturated carbocycles. The Morgan fingerprint density at radius 1 is 1.14 bits per heavy atom. The minimum absolute atomic E-state index is 0.300. The second-order valence-electron chi connectivity index (χ2n) is 6.83. The number of hydrogen-bond acceptors (Lipinski definition) is 5. The molecule has 2 aliphatic rings. The number of rotatable bonds is 6. The van der Waals surface area contributed by atoms with Crippen LogP contribution >= 0.6 is 11.8 Å². The number of amides is 4. The Hall–Kier alpha value is -3.00. The molecular formula is C21H21N3O4S. The molecule has 4 rings (SSSR count). The lowest BCUT2D eigenvalue weighted by Gasteiger charge is -2.33. The Balaban J connectivity index is 1.36. The van der Waals surface area contributed by atoms with Crippen molar-refractivity contribution in [1.82, 2.24) is 15.5 Å². The minimum atomic E-state index is -1.16. The smallest absolute Gasteiger partial charge is 0.325 e. The number of carbonyl (C=O) groups is 3. The summed E-state index contributed by atoms with van der Waals surface area (Å²) in [5.41, 5.74) is -0.526. The van der Waals surface area contributed by atoms with Crippen LogP contribution in [0.3, 0.4) is 0 Å². The van der Waals surface area contributed by atoms with Gasteiger partial charge in [-0.3, -0.25) is 14.5 Å². The van der Waals surface area contributed by atoms with Gasteiger partial charge < -0.3 is 15.4 Å². The molecule has 0 aromatic heterocycles. The van der Waals surface area contributed by atoms with Crippen LogP contribution in [0.25, 0.3) is 0 Å². The van der Waals surface area contributed by atoms with Crippen molar-refractivity contribution in [2.45, 2.75) is 16.9 Å². The summed E-state index contributed by atoms with van der Waals surface area (Å²) in [6, 6.07) is 16.5. The second kappa shape index (κ2) is 8.16. The van der Waals surface area contributed by atoms with Crippen LogP contribution in [0.2, 0.25) is 0 Å². The Labute approximate surface area is 172 Å². The van der Waals surface area contributed by atoms with E-state index >= 15 is 0 Å². The topological polar surface area (TPSA) is 87.7 Å². The van der Waals surface area contributed by atoms with Crippen LogP contribution in [0.1, 0.15) is 12.0 Å². The lowest BCUT2D eigenvalue weighted by Crippen LogP contribution is -2.48. The Morgan fingerprint density at radius 3 is 2.72 bits per heavy atom. The first-order valence-electron chi connectivity index (χ1n) is 9.41. The summed E-state index contributed by atoms with van der Waals surface area (Å²) in [7, 11) is 0. The van der Waals surface area contributed by atoms with E-state index in [1.165, 1.54) is 0 Å². The van der Waals surface area contributed by atoms with Crippen molar-refractivity contribution >= 4 is 29.6 Å². The maximum absolute atomic E-state index is 13.1. The molecule has 7 nitrogen and oxygen atoms in total. The number of nitrogens with one attached hydrogen (secondary N) is 2. The Bertz CT molecular complexity index is 937. The number of urea groups is 1. The van der Waals surface area contributed by atoms with Crippen LogP contribution in [-0.4, -0.2) is 48.2 Å². The van der Waals surface area contributed by atoms with Gasteiger partial charge in [-0.25, -0.2) is 4.79 Å². The number of imide groups is 1. The molecule has 29 heavy (non-hydrogen) atoms. The van der Waals surface area contributed by atoms with Crippen LogP contribution in [-0.2, 0) is 15.1 Å². The number of para-hydroxylation sites is 1. The van der Waals surface area contributed by atoms with Gasteiger partial charge in [-0.15, -0.1) is 11.8 Å². The van der Waals surface area contributed by atoms with E-state index in [0.717, 1.165) is 9.80 Å². The summed E-state index contributed by atoms with van der Waals surface area (Å²) >= 11 is 1.63. The van der Waals surface area contributed by atoms with Crippen molar-refractivity contribution in [2.24, 2.45) is 0 Å². The van der Waals surface area contributed by atoms with Gasteiger partial charge in [-0.2, -0.15) is 0 Å². The zero-order valence-corrected chi connectivity index (χ0v) is 16.5. The molecule has 2 aromatic rings. The lowest BCUT2D eigenvalue weighted by atomic mass is 9.84. The van der Waals surface area contributed by atoms with Crippen molar-refractivity contribution in [3.8, 4) is 5.75 Å². The SMILES string of the molecule is O=C(CN1C(=O)NC2(CCOc3ccccc32)C1=O)NCCSc1ccccc1. The first kappa shape index (κ1) is 19.3. The number of fused-ring (bicyclic) bond motifs is 2. The zero-order chi connectivity index (χ0) is 20.3. The maximum atomic E-state index is 13.1. The summed E-state index contributed by atoms with van der Waals surface area (Å²) in [5, 5.41) is 5.57. The molecule has 8 heteroatoms. The summed E-state index contributed by atoms with van der Waals surface area (Å²) in [4.78, 5) is 40.0. The standard InChI is InChI=1S/C21H21N3O4S/c25-18(22-11-13-29-15-6-2-1-3-7-15)14-24-19(26)21(23-20(24)27)10-12-28-17-9-5-4-8-16(17)21/h1-9H,10-14H2,(H,22,25)(H,23,27). The summed E-state index contributed by atoms with van der Waals surface area (Å²) < 4.78 is 5.61. The van der Waals surface area contributed by atoms with E-state index in [9.17, 15) is 14.4 Å². The van der Waals surface area contributed by atoms with E-state index in [1.807, 2.05) is 36.4 Å². The number of hydrogen-bond donors (Lipinski definition) is 2. The minimum Gasteiger partial charge on any atom is -0.493 e. The number of benzene rings is 2. The van der Waals surface area contributed by atoms with Crippen molar-refractivity contribution in [1.29, 1.82) is 0 Å².